The van der Waals surface area contributed by atoms with Gasteiger partial charge in [-0.25, -0.2) is 0 Å². The van der Waals surface area contributed by atoms with Gasteiger partial charge in [0, 0.05) is 16.1 Å². The molecule has 0 unspecified atom stereocenters. The van der Waals surface area contributed by atoms with Crippen LogP contribution in [0.3, 0.4) is 0 Å². The van der Waals surface area contributed by atoms with E-state index in [1.807, 2.05) is 0 Å². The monoisotopic (exact) mass is 388 g/mol. The second-order valence-electron chi connectivity index (χ2n) is 5.42. The normalized spacial score (nSPS) is 10.4. The molecule has 5 nitrogen and oxygen atoms in total. The predicted octanol–water partition coefficient (Wildman–Crippen LogP) is 4.77. The van der Waals surface area contributed by atoms with Crippen molar-refractivity contribution in [2.45, 2.75) is 6.54 Å². The lowest BCUT2D eigenvalue weighted by Crippen LogP contribution is -2.23. The Morgan fingerprint density at radius 2 is 1.69 bits per heavy atom. The van der Waals surface area contributed by atoms with Crippen molar-refractivity contribution in [2.75, 3.05) is 5.32 Å². The van der Waals surface area contributed by atoms with Gasteiger partial charge in [0.25, 0.3) is 11.8 Å². The number of anilines is 1. The third kappa shape index (κ3) is 4.45. The number of hydrogen-bond acceptors (Lipinski definition) is 3. The fourth-order valence-electron chi connectivity index (χ4n) is 2.27. The average molecular weight is 389 g/mol. The first-order chi connectivity index (χ1) is 12.5. The van der Waals surface area contributed by atoms with Crippen LogP contribution in [0, 0.1) is 0 Å². The molecule has 0 aliphatic heterocycles. The Morgan fingerprint density at radius 1 is 0.923 bits per heavy atom. The first-order valence-corrected chi connectivity index (χ1v) is 8.45. The van der Waals surface area contributed by atoms with Gasteiger partial charge < -0.3 is 15.1 Å². The van der Waals surface area contributed by atoms with Crippen LogP contribution in [0.25, 0.3) is 0 Å². The maximum absolute atomic E-state index is 12.4. The van der Waals surface area contributed by atoms with Crippen molar-refractivity contribution < 1.29 is 14.0 Å². The summed E-state index contributed by atoms with van der Waals surface area (Å²) in [6, 6.07) is 14.7. The number of rotatable bonds is 5. The van der Waals surface area contributed by atoms with Gasteiger partial charge in [0.15, 0.2) is 0 Å². The Hall–Kier alpha value is -2.76. The van der Waals surface area contributed by atoms with E-state index in [1.54, 1.807) is 48.5 Å². The van der Waals surface area contributed by atoms with E-state index in [9.17, 15) is 9.59 Å². The molecule has 26 heavy (non-hydrogen) atoms. The molecule has 0 radical (unpaired) electrons. The van der Waals surface area contributed by atoms with Gasteiger partial charge in [-0.15, -0.1) is 0 Å². The molecule has 2 aromatic carbocycles. The van der Waals surface area contributed by atoms with Crippen molar-refractivity contribution in [3.8, 4) is 0 Å². The van der Waals surface area contributed by atoms with E-state index >= 15 is 0 Å². The summed E-state index contributed by atoms with van der Waals surface area (Å²) in [5.74, 6) is -0.0606. The first kappa shape index (κ1) is 18.0. The molecular weight excluding hydrogens is 375 g/mol. The van der Waals surface area contributed by atoms with Gasteiger partial charge in [0.2, 0.25) is 0 Å². The standard InChI is InChI=1S/C19H14Cl2N2O3/c20-14-6-7-16(21)17(10-14)23-19(25)13-4-1-3-12(9-13)18(24)22-11-15-5-2-8-26-15/h1-10H,11H2,(H,22,24)(H,23,25). The number of benzene rings is 2. The van der Waals surface area contributed by atoms with Crippen LogP contribution < -0.4 is 10.6 Å². The molecule has 0 bridgehead atoms. The number of hydrogen-bond donors (Lipinski definition) is 2. The highest BCUT2D eigenvalue weighted by molar-refractivity contribution is 6.35. The smallest absolute Gasteiger partial charge is 0.255 e. The van der Waals surface area contributed by atoms with Gasteiger partial charge in [0.05, 0.1) is 23.5 Å². The molecule has 0 saturated heterocycles. The summed E-state index contributed by atoms with van der Waals surface area (Å²) in [6.07, 6.45) is 1.54. The largest absolute Gasteiger partial charge is 0.467 e. The zero-order valence-corrected chi connectivity index (χ0v) is 15.0. The van der Waals surface area contributed by atoms with E-state index in [2.05, 4.69) is 10.6 Å². The molecule has 0 atom stereocenters. The van der Waals surface area contributed by atoms with Gasteiger partial charge in [-0.3, -0.25) is 9.59 Å². The highest BCUT2D eigenvalue weighted by Gasteiger charge is 2.12. The minimum absolute atomic E-state index is 0.264. The van der Waals surface area contributed by atoms with Crippen molar-refractivity contribution in [1.29, 1.82) is 0 Å². The number of furan rings is 1. The quantitative estimate of drug-likeness (QED) is 0.661. The fourth-order valence-corrected chi connectivity index (χ4v) is 2.61. The summed E-state index contributed by atoms with van der Waals surface area (Å²) in [5.41, 5.74) is 1.09. The molecule has 2 amide bonds. The van der Waals surface area contributed by atoms with Crippen LogP contribution >= 0.6 is 23.2 Å². The molecule has 3 aromatic rings. The summed E-state index contributed by atoms with van der Waals surface area (Å²) < 4.78 is 5.17. The molecule has 0 spiro atoms. The van der Waals surface area contributed by atoms with Gasteiger partial charge in [0.1, 0.15) is 5.76 Å². The fraction of sp³-hybridized carbons (Fsp3) is 0.0526. The van der Waals surface area contributed by atoms with E-state index in [-0.39, 0.29) is 12.5 Å². The van der Waals surface area contributed by atoms with Gasteiger partial charge in [-0.05, 0) is 48.5 Å². The van der Waals surface area contributed by atoms with E-state index < -0.39 is 5.91 Å². The Balaban J connectivity index is 1.70. The van der Waals surface area contributed by atoms with Crippen molar-refractivity contribution in [3.63, 3.8) is 0 Å². The number of halogens is 2. The van der Waals surface area contributed by atoms with Gasteiger partial charge in [-0.1, -0.05) is 29.3 Å². The van der Waals surface area contributed by atoms with E-state index in [0.717, 1.165) is 0 Å². The van der Waals surface area contributed by atoms with Crippen LogP contribution in [0.2, 0.25) is 10.0 Å². The maximum atomic E-state index is 12.4. The highest BCUT2D eigenvalue weighted by Crippen LogP contribution is 2.26. The molecule has 0 fully saturated rings. The van der Waals surface area contributed by atoms with Gasteiger partial charge in [-0.2, -0.15) is 0 Å². The lowest BCUT2D eigenvalue weighted by Gasteiger charge is -2.09. The van der Waals surface area contributed by atoms with Crippen molar-refractivity contribution in [3.05, 3.63) is 87.8 Å². The molecule has 0 aliphatic carbocycles. The third-order valence-electron chi connectivity index (χ3n) is 3.57. The topological polar surface area (TPSA) is 71.3 Å². The molecule has 2 N–H and O–H groups in total. The Bertz CT molecular complexity index is 940. The number of amides is 2. The van der Waals surface area contributed by atoms with E-state index in [4.69, 9.17) is 27.6 Å². The summed E-state index contributed by atoms with van der Waals surface area (Å²) in [5, 5.41) is 6.24. The Kier molecular flexibility index (Phi) is 5.61. The third-order valence-corrected chi connectivity index (χ3v) is 4.13. The molecule has 0 aliphatic rings. The average Bonchev–Trinajstić information content (AvgIpc) is 3.16. The lowest BCUT2D eigenvalue weighted by atomic mass is 10.1. The van der Waals surface area contributed by atoms with Gasteiger partial charge >= 0.3 is 0 Å². The number of carbonyl (C=O) groups excluding carboxylic acids is 2. The molecular formula is C19H14Cl2N2O3. The summed E-state index contributed by atoms with van der Waals surface area (Å²) >= 11 is 12.0. The Morgan fingerprint density at radius 3 is 2.42 bits per heavy atom. The van der Waals surface area contributed by atoms with E-state index in [0.29, 0.717) is 32.6 Å². The van der Waals surface area contributed by atoms with Crippen molar-refractivity contribution in [2.24, 2.45) is 0 Å². The second-order valence-corrected chi connectivity index (χ2v) is 6.26. The van der Waals surface area contributed by atoms with Crippen LogP contribution in [0.15, 0.2) is 65.3 Å². The lowest BCUT2D eigenvalue weighted by molar-refractivity contribution is 0.0948. The zero-order chi connectivity index (χ0) is 18.5. The van der Waals surface area contributed by atoms with Crippen molar-refractivity contribution in [1.82, 2.24) is 5.32 Å². The minimum atomic E-state index is -0.394. The van der Waals surface area contributed by atoms with Crippen LogP contribution in [0.4, 0.5) is 5.69 Å². The SMILES string of the molecule is O=C(NCc1ccco1)c1cccc(C(=O)Nc2cc(Cl)ccc2Cl)c1. The molecule has 3 rings (SSSR count). The maximum Gasteiger partial charge on any atom is 0.255 e. The number of carbonyl (C=O) groups is 2. The van der Waals surface area contributed by atoms with Crippen LogP contribution in [-0.2, 0) is 6.54 Å². The van der Waals surface area contributed by atoms with Crippen molar-refractivity contribution >= 4 is 40.7 Å². The first-order valence-electron chi connectivity index (χ1n) is 7.70. The van der Waals surface area contributed by atoms with E-state index in [1.165, 1.54) is 12.3 Å². The van der Waals surface area contributed by atoms with Crippen LogP contribution in [0.5, 0.6) is 0 Å². The zero-order valence-electron chi connectivity index (χ0n) is 13.5. The summed E-state index contributed by atoms with van der Waals surface area (Å²) in [6.45, 7) is 0.264. The number of nitrogens with one attached hydrogen (secondary N) is 2. The molecule has 0 saturated carbocycles. The Labute approximate surface area is 159 Å². The van der Waals surface area contributed by atoms with Crippen LogP contribution in [0.1, 0.15) is 26.5 Å². The molecule has 1 aromatic heterocycles. The molecule has 1 heterocycles. The molecule has 7 heteroatoms. The summed E-state index contributed by atoms with van der Waals surface area (Å²) in [7, 11) is 0. The minimum Gasteiger partial charge on any atom is -0.467 e. The molecule has 132 valence electrons. The van der Waals surface area contributed by atoms with Crippen LogP contribution in [-0.4, -0.2) is 11.8 Å². The predicted molar refractivity (Wildman–Crippen MR) is 101 cm³/mol. The summed E-state index contributed by atoms with van der Waals surface area (Å²) in [4.78, 5) is 24.7. The second kappa shape index (κ2) is 8.08. The highest BCUT2D eigenvalue weighted by atomic mass is 35.5.